The van der Waals surface area contributed by atoms with Crippen LogP contribution in [0.15, 0.2) is 6.07 Å². The molecule has 1 aromatic heterocycles. The third kappa shape index (κ3) is 3.44. The molecule has 1 saturated carbocycles. The summed E-state index contributed by atoms with van der Waals surface area (Å²) in [6.07, 6.45) is 1.58. The Labute approximate surface area is 123 Å². The van der Waals surface area contributed by atoms with Gasteiger partial charge in [-0.15, -0.1) is 0 Å². The number of nitrogens with one attached hydrogen (secondary N) is 1. The fraction of sp³-hybridized carbons (Fsp3) is 0.615. The summed E-state index contributed by atoms with van der Waals surface area (Å²) in [7, 11) is 1.96. The predicted octanol–water partition coefficient (Wildman–Crippen LogP) is 3.03. The first-order chi connectivity index (χ1) is 9.01. The van der Waals surface area contributed by atoms with Gasteiger partial charge < -0.3 is 15.3 Å². The number of anilines is 2. The average Bonchev–Trinajstić information content (AvgIpc) is 2.30. The molecule has 1 heterocycles. The maximum Gasteiger partial charge on any atom is 0.149 e. The van der Waals surface area contributed by atoms with E-state index in [2.05, 4.69) is 10.3 Å². The Morgan fingerprint density at radius 1 is 1.42 bits per heavy atom. The summed E-state index contributed by atoms with van der Waals surface area (Å²) < 4.78 is 0. The van der Waals surface area contributed by atoms with E-state index < -0.39 is 0 Å². The maximum atomic E-state index is 9.32. The van der Waals surface area contributed by atoms with Crippen molar-refractivity contribution in [1.29, 1.82) is 0 Å². The lowest BCUT2D eigenvalue weighted by molar-refractivity contribution is 0.0464. The van der Waals surface area contributed by atoms with Crippen molar-refractivity contribution in [3.63, 3.8) is 0 Å². The Morgan fingerprint density at radius 3 is 2.68 bits per heavy atom. The van der Waals surface area contributed by atoms with Gasteiger partial charge in [0.15, 0.2) is 0 Å². The van der Waals surface area contributed by atoms with Crippen LogP contribution in [0, 0.1) is 5.92 Å². The summed E-state index contributed by atoms with van der Waals surface area (Å²) >= 11 is 12.3. The van der Waals surface area contributed by atoms with E-state index in [1.54, 1.807) is 6.07 Å². The van der Waals surface area contributed by atoms with E-state index in [-0.39, 0.29) is 6.10 Å². The highest BCUT2D eigenvalue weighted by atomic mass is 35.5. The van der Waals surface area contributed by atoms with Crippen LogP contribution in [0.4, 0.5) is 11.6 Å². The smallest absolute Gasteiger partial charge is 0.149 e. The molecule has 2 N–H and O–H groups in total. The fourth-order valence-corrected chi connectivity index (χ4v) is 2.91. The molecule has 2 rings (SSSR count). The van der Waals surface area contributed by atoms with Crippen LogP contribution in [0.25, 0.3) is 0 Å². The van der Waals surface area contributed by atoms with Gasteiger partial charge in [-0.3, -0.25) is 0 Å². The Hall–Kier alpha value is -0.710. The van der Waals surface area contributed by atoms with Crippen molar-refractivity contribution in [1.82, 2.24) is 4.98 Å². The van der Waals surface area contributed by atoms with Crippen LogP contribution in [0.2, 0.25) is 10.0 Å². The van der Waals surface area contributed by atoms with Gasteiger partial charge in [-0.2, -0.15) is 0 Å². The average molecular weight is 304 g/mol. The summed E-state index contributed by atoms with van der Waals surface area (Å²) in [4.78, 5) is 6.50. The second kappa shape index (κ2) is 6.16. The molecule has 0 radical (unpaired) electrons. The molecule has 0 amide bonds. The minimum absolute atomic E-state index is 0.135. The molecule has 0 aromatic carbocycles. The Morgan fingerprint density at radius 2 is 2.11 bits per heavy atom. The van der Waals surface area contributed by atoms with Gasteiger partial charge in [0.1, 0.15) is 11.6 Å². The normalized spacial score (nSPS) is 21.9. The number of aliphatic hydroxyl groups excluding tert-OH is 1. The third-order valence-electron chi connectivity index (χ3n) is 3.36. The molecule has 0 bridgehead atoms. The van der Waals surface area contributed by atoms with Gasteiger partial charge in [-0.1, -0.05) is 23.2 Å². The Balaban J connectivity index is 2.11. The van der Waals surface area contributed by atoms with Crippen LogP contribution >= 0.6 is 23.2 Å². The SMILES string of the molecule is CCNc1nc(N(C)CC2CC(O)C2)c(Cl)cc1Cl. The van der Waals surface area contributed by atoms with Gasteiger partial charge in [0.05, 0.1) is 16.1 Å². The molecule has 106 valence electrons. The van der Waals surface area contributed by atoms with E-state index in [9.17, 15) is 5.11 Å². The molecule has 0 saturated heterocycles. The number of halogens is 2. The molecule has 1 aliphatic rings. The van der Waals surface area contributed by atoms with Gasteiger partial charge in [0, 0.05) is 20.1 Å². The van der Waals surface area contributed by atoms with Gasteiger partial charge in [-0.25, -0.2) is 4.98 Å². The van der Waals surface area contributed by atoms with Crippen LogP contribution in [0.5, 0.6) is 0 Å². The molecule has 1 aromatic rings. The highest BCUT2D eigenvalue weighted by Crippen LogP contribution is 2.33. The zero-order valence-electron chi connectivity index (χ0n) is 11.2. The van der Waals surface area contributed by atoms with Crippen LogP contribution in [0.1, 0.15) is 19.8 Å². The highest BCUT2D eigenvalue weighted by molar-refractivity contribution is 6.37. The summed E-state index contributed by atoms with van der Waals surface area (Å²) in [5, 5.41) is 13.5. The number of aromatic nitrogens is 1. The standard InChI is InChI=1S/C13H19Cl2N3O/c1-3-16-12-10(14)6-11(15)13(17-12)18(2)7-8-4-9(19)5-8/h6,8-9,19H,3-5,7H2,1-2H3,(H,16,17). The number of hydrogen-bond acceptors (Lipinski definition) is 4. The minimum Gasteiger partial charge on any atom is -0.393 e. The van der Waals surface area contributed by atoms with E-state index in [1.807, 2.05) is 18.9 Å². The van der Waals surface area contributed by atoms with Crippen LogP contribution in [-0.4, -0.2) is 36.3 Å². The monoisotopic (exact) mass is 303 g/mol. The molecule has 0 atom stereocenters. The minimum atomic E-state index is -0.135. The van der Waals surface area contributed by atoms with Crippen molar-refractivity contribution in [2.24, 2.45) is 5.92 Å². The Kier molecular flexibility index (Phi) is 4.76. The second-order valence-corrected chi connectivity index (χ2v) is 5.84. The van der Waals surface area contributed by atoms with Gasteiger partial charge in [0.25, 0.3) is 0 Å². The third-order valence-corrected chi connectivity index (χ3v) is 3.93. The summed E-state index contributed by atoms with van der Waals surface area (Å²) in [5.74, 6) is 1.89. The van der Waals surface area contributed by atoms with Crippen molar-refractivity contribution in [3.05, 3.63) is 16.1 Å². The summed E-state index contributed by atoms with van der Waals surface area (Å²) in [5.41, 5.74) is 0. The zero-order valence-corrected chi connectivity index (χ0v) is 12.7. The first kappa shape index (κ1) is 14.7. The van der Waals surface area contributed by atoms with Crippen molar-refractivity contribution in [2.75, 3.05) is 30.4 Å². The quantitative estimate of drug-likeness (QED) is 0.878. The summed E-state index contributed by atoms with van der Waals surface area (Å²) in [6, 6.07) is 1.72. The first-order valence-electron chi connectivity index (χ1n) is 6.50. The van der Waals surface area contributed by atoms with E-state index >= 15 is 0 Å². The van der Waals surface area contributed by atoms with Crippen molar-refractivity contribution >= 4 is 34.8 Å². The number of hydrogen-bond donors (Lipinski definition) is 2. The number of pyridine rings is 1. The van der Waals surface area contributed by atoms with Crippen LogP contribution in [0.3, 0.4) is 0 Å². The molecule has 4 nitrogen and oxygen atoms in total. The largest absolute Gasteiger partial charge is 0.393 e. The van der Waals surface area contributed by atoms with Gasteiger partial charge >= 0.3 is 0 Å². The van der Waals surface area contributed by atoms with E-state index in [0.29, 0.717) is 21.8 Å². The second-order valence-electron chi connectivity index (χ2n) is 5.03. The van der Waals surface area contributed by atoms with Gasteiger partial charge in [0.2, 0.25) is 0 Å². The molecule has 0 unspecified atom stereocenters. The molecule has 0 aliphatic heterocycles. The summed E-state index contributed by atoms with van der Waals surface area (Å²) in [6.45, 7) is 3.59. The zero-order chi connectivity index (χ0) is 14.0. The highest BCUT2D eigenvalue weighted by Gasteiger charge is 2.28. The van der Waals surface area contributed by atoms with Crippen molar-refractivity contribution in [3.8, 4) is 0 Å². The molecule has 19 heavy (non-hydrogen) atoms. The lowest BCUT2D eigenvalue weighted by Crippen LogP contribution is -2.37. The molecule has 6 heteroatoms. The van der Waals surface area contributed by atoms with Crippen LogP contribution < -0.4 is 10.2 Å². The van der Waals surface area contributed by atoms with Crippen molar-refractivity contribution < 1.29 is 5.11 Å². The molecular formula is C13H19Cl2N3O. The fourth-order valence-electron chi connectivity index (χ4n) is 2.34. The molecule has 0 spiro atoms. The van der Waals surface area contributed by atoms with Crippen LogP contribution in [-0.2, 0) is 0 Å². The topological polar surface area (TPSA) is 48.4 Å². The van der Waals surface area contributed by atoms with Gasteiger partial charge in [-0.05, 0) is 31.7 Å². The number of rotatable bonds is 5. The Bertz CT molecular complexity index is 450. The first-order valence-corrected chi connectivity index (χ1v) is 7.26. The lowest BCUT2D eigenvalue weighted by atomic mass is 9.82. The van der Waals surface area contributed by atoms with E-state index in [1.165, 1.54) is 0 Å². The molecule has 1 aliphatic carbocycles. The molecule has 1 fully saturated rings. The number of aliphatic hydroxyl groups is 1. The lowest BCUT2D eigenvalue weighted by Gasteiger charge is -2.35. The maximum absolute atomic E-state index is 9.32. The van der Waals surface area contributed by atoms with E-state index in [0.717, 1.165) is 31.7 Å². The molecular weight excluding hydrogens is 285 g/mol. The van der Waals surface area contributed by atoms with Crippen molar-refractivity contribution in [2.45, 2.75) is 25.9 Å². The predicted molar refractivity (Wildman–Crippen MR) is 80.4 cm³/mol. The number of nitrogens with zero attached hydrogens (tertiary/aromatic N) is 2. The van der Waals surface area contributed by atoms with E-state index in [4.69, 9.17) is 23.2 Å².